The van der Waals surface area contributed by atoms with Crippen LogP contribution >= 0.6 is 23.5 Å². The third kappa shape index (κ3) is 6.99. The molecular formula is C34H37N7O2S2. The van der Waals surface area contributed by atoms with E-state index in [1.165, 1.54) is 11.8 Å². The Morgan fingerprint density at radius 2 is 1.80 bits per heavy atom. The van der Waals surface area contributed by atoms with Crippen molar-refractivity contribution in [2.75, 3.05) is 70.2 Å². The number of carbonyl (C=O) groups is 1. The van der Waals surface area contributed by atoms with Gasteiger partial charge in [0.15, 0.2) is 5.17 Å². The Bertz CT molecular complexity index is 1660. The molecule has 3 aromatic rings. The summed E-state index contributed by atoms with van der Waals surface area (Å²) in [6, 6.07) is 23.7. The molecule has 2 fully saturated rings. The number of aliphatic imine (C=N–C) groups is 1. The lowest BCUT2D eigenvalue weighted by atomic mass is 10.2. The van der Waals surface area contributed by atoms with Crippen molar-refractivity contribution in [1.82, 2.24) is 14.7 Å². The number of hydrogen-bond acceptors (Lipinski definition) is 10. The highest BCUT2D eigenvalue weighted by Crippen LogP contribution is 2.51. The summed E-state index contributed by atoms with van der Waals surface area (Å²) >= 11 is 2.97. The molecule has 0 atom stereocenters. The van der Waals surface area contributed by atoms with Gasteiger partial charge in [-0.1, -0.05) is 42.1 Å². The maximum absolute atomic E-state index is 14.1. The van der Waals surface area contributed by atoms with Gasteiger partial charge in [0, 0.05) is 57.3 Å². The second-order valence-corrected chi connectivity index (χ2v) is 13.2. The smallest absolute Gasteiger partial charge is 0.269 e. The first-order valence-electron chi connectivity index (χ1n) is 15.2. The van der Waals surface area contributed by atoms with Crippen molar-refractivity contribution >= 4 is 51.7 Å². The number of anilines is 2. The summed E-state index contributed by atoms with van der Waals surface area (Å²) in [7, 11) is 4.16. The fourth-order valence-electron chi connectivity index (χ4n) is 5.44. The molecule has 232 valence electrons. The van der Waals surface area contributed by atoms with Gasteiger partial charge in [-0.3, -0.25) is 14.6 Å². The van der Waals surface area contributed by atoms with Crippen molar-refractivity contribution in [3.63, 3.8) is 0 Å². The van der Waals surface area contributed by atoms with Crippen LogP contribution in [0.25, 0.3) is 0 Å². The molecule has 2 saturated heterocycles. The molecule has 3 aromatic carbocycles. The molecule has 11 heteroatoms. The first-order valence-corrected chi connectivity index (χ1v) is 16.8. The first kappa shape index (κ1) is 31.0. The topological polar surface area (TPSA) is 87.4 Å². The van der Waals surface area contributed by atoms with E-state index < -0.39 is 0 Å². The maximum atomic E-state index is 14.1. The third-order valence-electron chi connectivity index (χ3n) is 8.03. The van der Waals surface area contributed by atoms with Crippen LogP contribution < -0.4 is 15.0 Å². The van der Waals surface area contributed by atoms with E-state index in [1.807, 2.05) is 56.4 Å². The zero-order valence-electron chi connectivity index (χ0n) is 25.8. The van der Waals surface area contributed by atoms with Crippen molar-refractivity contribution in [2.24, 2.45) is 4.99 Å². The van der Waals surface area contributed by atoms with E-state index in [1.54, 1.807) is 28.8 Å². The van der Waals surface area contributed by atoms with Crippen LogP contribution in [0, 0.1) is 11.3 Å². The molecule has 9 nitrogen and oxygen atoms in total. The SMILES string of the molecule is CCNc1ccc(C#N)cc1N=C1S/C(=C2\Sc3ccc(OCCN4CCN(C)CC4)cc3N2C)C(=O)N1Cc1ccccc1. The van der Waals surface area contributed by atoms with Crippen molar-refractivity contribution < 1.29 is 9.53 Å². The number of nitrogens with one attached hydrogen (secondary N) is 1. The van der Waals surface area contributed by atoms with Crippen LogP contribution in [0.5, 0.6) is 5.75 Å². The molecule has 0 radical (unpaired) electrons. The number of carbonyl (C=O) groups excluding carboxylic acids is 1. The normalized spacial score (nSPS) is 19.7. The van der Waals surface area contributed by atoms with Crippen LogP contribution in [-0.2, 0) is 11.3 Å². The van der Waals surface area contributed by atoms with Gasteiger partial charge in [0.05, 0.1) is 40.3 Å². The Balaban J connectivity index is 1.26. The molecule has 1 N–H and O–H groups in total. The molecule has 3 heterocycles. The summed E-state index contributed by atoms with van der Waals surface area (Å²) in [5.41, 5.74) is 3.99. The molecule has 0 aliphatic carbocycles. The molecule has 3 aliphatic heterocycles. The van der Waals surface area contributed by atoms with E-state index in [0.717, 1.165) is 65.3 Å². The van der Waals surface area contributed by atoms with Crippen molar-refractivity contribution in [3.05, 3.63) is 87.8 Å². The second kappa shape index (κ2) is 14.0. The second-order valence-electron chi connectivity index (χ2n) is 11.2. The number of fused-ring (bicyclic) bond motifs is 1. The molecule has 1 amide bonds. The number of hydrogen-bond donors (Lipinski definition) is 1. The van der Waals surface area contributed by atoms with Crippen molar-refractivity contribution in [3.8, 4) is 11.8 Å². The Morgan fingerprint density at radius 1 is 1.00 bits per heavy atom. The molecule has 0 bridgehead atoms. The number of amides is 1. The fourth-order valence-corrected chi connectivity index (χ4v) is 7.76. The predicted molar refractivity (Wildman–Crippen MR) is 184 cm³/mol. The number of rotatable bonds is 9. The number of ether oxygens (including phenoxy) is 1. The van der Waals surface area contributed by atoms with Crippen LogP contribution in [0.2, 0.25) is 0 Å². The van der Waals surface area contributed by atoms with Crippen LogP contribution in [0.1, 0.15) is 18.1 Å². The van der Waals surface area contributed by atoms with Gasteiger partial charge >= 0.3 is 0 Å². The van der Waals surface area contributed by atoms with Crippen LogP contribution in [-0.4, -0.2) is 85.7 Å². The minimum absolute atomic E-state index is 0.0881. The van der Waals surface area contributed by atoms with E-state index in [4.69, 9.17) is 9.73 Å². The van der Waals surface area contributed by atoms with E-state index >= 15 is 0 Å². The molecule has 6 rings (SSSR count). The number of piperazine rings is 1. The lowest BCUT2D eigenvalue weighted by molar-refractivity contribution is -0.122. The first-order chi connectivity index (χ1) is 21.9. The lowest BCUT2D eigenvalue weighted by Crippen LogP contribution is -2.45. The summed E-state index contributed by atoms with van der Waals surface area (Å²) in [4.78, 5) is 29.4. The Hall–Kier alpha value is -3.95. The molecule has 0 aromatic heterocycles. The van der Waals surface area contributed by atoms with E-state index in [9.17, 15) is 10.1 Å². The van der Waals surface area contributed by atoms with Gasteiger partial charge in [-0.05, 0) is 61.6 Å². The minimum atomic E-state index is -0.0881. The van der Waals surface area contributed by atoms with Crippen LogP contribution in [0.3, 0.4) is 0 Å². The van der Waals surface area contributed by atoms with Gasteiger partial charge in [-0.25, -0.2) is 4.99 Å². The van der Waals surface area contributed by atoms with Crippen LogP contribution in [0.15, 0.2) is 86.6 Å². The number of likely N-dealkylation sites (N-methyl/N-ethyl adjacent to an activating group) is 1. The fraction of sp³-hybridized carbons (Fsp3) is 0.324. The van der Waals surface area contributed by atoms with Gasteiger partial charge in [-0.15, -0.1) is 0 Å². The summed E-state index contributed by atoms with van der Waals surface area (Å²) in [5, 5.41) is 14.3. The van der Waals surface area contributed by atoms with E-state index in [0.29, 0.717) is 41.0 Å². The molecule has 3 aliphatic rings. The molecule has 0 spiro atoms. The van der Waals surface area contributed by atoms with E-state index in [2.05, 4.69) is 45.3 Å². The standard InChI is InChI=1S/C34H37N7O2S2/c1-4-36-27-12-10-25(22-35)20-28(27)37-34-41(23-24-8-6-5-7-9-24)32(42)31(45-34)33-39(3)29-21-26(11-13-30(29)44-33)43-19-18-40-16-14-38(2)15-17-40/h5-13,20-21,36H,4,14-19,23H2,1-3H3/b33-31-,37-34?. The van der Waals surface area contributed by atoms with Crippen molar-refractivity contribution in [1.29, 1.82) is 5.26 Å². The summed E-state index contributed by atoms with van der Waals surface area (Å²) in [6.07, 6.45) is 0. The predicted octanol–water partition coefficient (Wildman–Crippen LogP) is 5.79. The Labute approximate surface area is 273 Å². The van der Waals surface area contributed by atoms with Gasteiger partial charge in [0.1, 0.15) is 17.3 Å². The quantitative estimate of drug-likeness (QED) is 0.293. The highest BCUT2D eigenvalue weighted by Gasteiger charge is 2.39. The number of thioether (sulfide) groups is 2. The minimum Gasteiger partial charge on any atom is -0.492 e. The number of benzene rings is 3. The average Bonchev–Trinajstić information content (AvgIpc) is 3.54. The Kier molecular flexibility index (Phi) is 9.66. The monoisotopic (exact) mass is 639 g/mol. The highest BCUT2D eigenvalue weighted by molar-refractivity contribution is 8.19. The molecule has 0 saturated carbocycles. The van der Waals surface area contributed by atoms with Gasteiger partial charge in [0.2, 0.25) is 0 Å². The zero-order chi connectivity index (χ0) is 31.3. The van der Waals surface area contributed by atoms with Gasteiger partial charge < -0.3 is 19.9 Å². The number of nitrogens with zero attached hydrogens (tertiary/aromatic N) is 6. The number of nitriles is 1. The van der Waals surface area contributed by atoms with E-state index in [-0.39, 0.29) is 5.91 Å². The molecular weight excluding hydrogens is 603 g/mol. The zero-order valence-corrected chi connectivity index (χ0v) is 27.5. The van der Waals surface area contributed by atoms with Crippen LogP contribution in [0.4, 0.5) is 17.1 Å². The Morgan fingerprint density at radius 3 is 2.56 bits per heavy atom. The number of amidine groups is 1. The maximum Gasteiger partial charge on any atom is 0.269 e. The summed E-state index contributed by atoms with van der Waals surface area (Å²) < 4.78 is 6.17. The van der Waals surface area contributed by atoms with Gasteiger partial charge in [-0.2, -0.15) is 5.26 Å². The largest absolute Gasteiger partial charge is 0.492 e. The lowest BCUT2D eigenvalue weighted by Gasteiger charge is -2.32. The third-order valence-corrected chi connectivity index (χ3v) is 10.5. The van der Waals surface area contributed by atoms with Gasteiger partial charge in [0.25, 0.3) is 5.91 Å². The summed E-state index contributed by atoms with van der Waals surface area (Å²) in [5.74, 6) is 0.739. The molecule has 0 unspecified atom stereocenters. The average molecular weight is 640 g/mol. The summed E-state index contributed by atoms with van der Waals surface area (Å²) in [6.45, 7) is 8.98. The highest BCUT2D eigenvalue weighted by atomic mass is 32.2. The van der Waals surface area contributed by atoms with Crippen molar-refractivity contribution in [2.45, 2.75) is 18.4 Å². The molecule has 45 heavy (non-hydrogen) atoms.